The zero-order valence-electron chi connectivity index (χ0n) is 11.2. The minimum Gasteiger partial charge on any atom is -0.393 e. The Morgan fingerprint density at radius 2 is 1.05 bits per heavy atom. The van der Waals surface area contributed by atoms with E-state index in [0.717, 1.165) is 0 Å². The summed E-state index contributed by atoms with van der Waals surface area (Å²) in [5.74, 6) is -2.76. The van der Waals surface area contributed by atoms with Gasteiger partial charge in [-0.05, 0) is 0 Å². The fourth-order valence-corrected chi connectivity index (χ4v) is 0.600. The van der Waals surface area contributed by atoms with E-state index in [1.165, 1.54) is 12.1 Å². The number of hydrogen-bond acceptors (Lipinski definition) is 8. The predicted octanol–water partition coefficient (Wildman–Crippen LogP) is 0.760. The fraction of sp³-hybridized carbons (Fsp3) is 0.500. The molecule has 0 aliphatic carbocycles. The van der Waals surface area contributed by atoms with Gasteiger partial charge in [0.15, 0.2) is 0 Å². The Hall–Kier alpha value is -2.74. The zero-order valence-corrected chi connectivity index (χ0v) is 11.2. The van der Waals surface area contributed by atoms with Gasteiger partial charge in [0.05, 0.1) is 12.1 Å². The van der Waals surface area contributed by atoms with Gasteiger partial charge in [-0.15, -0.1) is 0 Å². The van der Waals surface area contributed by atoms with Crippen LogP contribution in [0.5, 0.6) is 0 Å². The van der Waals surface area contributed by atoms with E-state index in [0.29, 0.717) is 0 Å². The van der Waals surface area contributed by atoms with E-state index < -0.39 is 36.7 Å². The molecule has 0 aliphatic heterocycles. The first-order valence-electron chi connectivity index (χ1n) is 5.62. The molecule has 0 saturated heterocycles. The molecule has 0 radical (unpaired) electrons. The number of carbonyl (C=O) groups is 4. The van der Waals surface area contributed by atoms with Crippen LogP contribution in [0.3, 0.4) is 0 Å². The van der Waals surface area contributed by atoms with Gasteiger partial charge in [-0.25, -0.2) is 0 Å². The molecule has 0 aromatic carbocycles. The predicted molar refractivity (Wildman–Crippen MR) is 63.2 cm³/mol. The standard InChI is InChI=1S/C6H4N2O3.C6H10O3/c7-3-1-5(9)11-6(10)2-4-8;1-3-5(7)9-6(8)4-2/h1-2H2;3-4H2,1-2H3. The average Bonchev–Trinajstić information content (AvgIpc) is 2.39. The Balaban J connectivity index is 0. The van der Waals surface area contributed by atoms with Gasteiger partial charge in [0, 0.05) is 12.8 Å². The zero-order chi connectivity index (χ0) is 16.0. The first kappa shape index (κ1) is 19.6. The van der Waals surface area contributed by atoms with Crippen molar-refractivity contribution in [3.05, 3.63) is 0 Å². The van der Waals surface area contributed by atoms with E-state index >= 15 is 0 Å². The van der Waals surface area contributed by atoms with E-state index in [1.54, 1.807) is 13.8 Å². The molecule has 0 aromatic rings. The molecule has 0 amide bonds. The Morgan fingerprint density at radius 3 is 1.30 bits per heavy atom. The molecule has 8 nitrogen and oxygen atoms in total. The Bertz CT molecular complexity index is 404. The summed E-state index contributed by atoms with van der Waals surface area (Å²) in [7, 11) is 0. The molecule has 0 spiro atoms. The van der Waals surface area contributed by atoms with Gasteiger partial charge < -0.3 is 9.47 Å². The summed E-state index contributed by atoms with van der Waals surface area (Å²) < 4.78 is 8.28. The molecular formula is C12H14N2O6. The molecule has 0 saturated carbocycles. The van der Waals surface area contributed by atoms with E-state index in [-0.39, 0.29) is 12.8 Å². The van der Waals surface area contributed by atoms with Gasteiger partial charge in [-0.1, -0.05) is 13.8 Å². The molecule has 0 unspecified atom stereocenters. The lowest BCUT2D eigenvalue weighted by atomic mass is 10.4. The van der Waals surface area contributed by atoms with E-state index in [2.05, 4.69) is 9.47 Å². The van der Waals surface area contributed by atoms with Crippen molar-refractivity contribution in [3.8, 4) is 12.1 Å². The van der Waals surface area contributed by atoms with Crippen molar-refractivity contribution in [3.63, 3.8) is 0 Å². The van der Waals surface area contributed by atoms with Gasteiger partial charge in [0.25, 0.3) is 0 Å². The monoisotopic (exact) mass is 282 g/mol. The minimum absolute atomic E-state index is 0.256. The number of esters is 4. The van der Waals surface area contributed by atoms with Crippen LogP contribution in [0.4, 0.5) is 0 Å². The first-order valence-corrected chi connectivity index (χ1v) is 5.62. The van der Waals surface area contributed by atoms with Crippen LogP contribution in [0.15, 0.2) is 0 Å². The lowest BCUT2D eigenvalue weighted by Gasteiger charge is -1.95. The minimum atomic E-state index is -0.923. The molecule has 0 aliphatic rings. The van der Waals surface area contributed by atoms with Crippen LogP contribution < -0.4 is 0 Å². The average molecular weight is 282 g/mol. The summed E-state index contributed by atoms with van der Waals surface area (Å²) in [5, 5.41) is 15.9. The van der Waals surface area contributed by atoms with Crippen LogP contribution in [0, 0.1) is 22.7 Å². The highest BCUT2D eigenvalue weighted by atomic mass is 16.6. The second-order valence-corrected chi connectivity index (χ2v) is 3.07. The second kappa shape index (κ2) is 12.7. The molecule has 0 bridgehead atoms. The third-order valence-electron chi connectivity index (χ3n) is 1.48. The lowest BCUT2D eigenvalue weighted by Crippen LogP contribution is -2.10. The van der Waals surface area contributed by atoms with Crippen LogP contribution in [-0.4, -0.2) is 23.9 Å². The SMILES string of the molecule is CCC(=O)OC(=O)CC.N#CCC(=O)OC(=O)CC#N. The van der Waals surface area contributed by atoms with Gasteiger partial charge in [-0.2, -0.15) is 10.5 Å². The molecule has 8 heteroatoms. The lowest BCUT2D eigenvalue weighted by molar-refractivity contribution is -0.160. The summed E-state index contributed by atoms with van der Waals surface area (Å²) in [6.45, 7) is 3.29. The summed E-state index contributed by atoms with van der Waals surface area (Å²) in [6, 6.07) is 3.01. The number of carbonyl (C=O) groups excluding carboxylic acids is 4. The van der Waals surface area contributed by atoms with Gasteiger partial charge in [0.2, 0.25) is 0 Å². The van der Waals surface area contributed by atoms with Crippen LogP contribution in [0.2, 0.25) is 0 Å². The van der Waals surface area contributed by atoms with Crippen molar-refractivity contribution in [2.45, 2.75) is 39.5 Å². The molecule has 20 heavy (non-hydrogen) atoms. The molecule has 0 heterocycles. The Labute approximate surface area is 115 Å². The van der Waals surface area contributed by atoms with E-state index in [4.69, 9.17) is 10.5 Å². The highest BCUT2D eigenvalue weighted by Crippen LogP contribution is 1.89. The van der Waals surface area contributed by atoms with Crippen molar-refractivity contribution >= 4 is 23.9 Å². The van der Waals surface area contributed by atoms with Crippen molar-refractivity contribution in [1.29, 1.82) is 10.5 Å². The first-order chi connectivity index (χ1) is 9.40. The van der Waals surface area contributed by atoms with Crippen LogP contribution >= 0.6 is 0 Å². The molecular weight excluding hydrogens is 268 g/mol. The fourth-order valence-electron chi connectivity index (χ4n) is 0.600. The highest BCUT2D eigenvalue weighted by Gasteiger charge is 2.08. The van der Waals surface area contributed by atoms with Crippen LogP contribution in [-0.2, 0) is 28.7 Å². The van der Waals surface area contributed by atoms with Crippen molar-refractivity contribution in [2.75, 3.05) is 0 Å². The molecule has 0 N–H and O–H groups in total. The van der Waals surface area contributed by atoms with Crippen molar-refractivity contribution in [2.24, 2.45) is 0 Å². The quantitative estimate of drug-likeness (QED) is 0.544. The summed E-state index contributed by atoms with van der Waals surface area (Å²) in [4.78, 5) is 41.4. The van der Waals surface area contributed by atoms with E-state index in [1.807, 2.05) is 0 Å². The largest absolute Gasteiger partial charge is 0.393 e. The number of hydrogen-bond donors (Lipinski definition) is 0. The normalized spacial score (nSPS) is 8.00. The summed E-state index contributed by atoms with van der Waals surface area (Å²) >= 11 is 0. The smallest absolute Gasteiger partial charge is 0.327 e. The molecule has 0 atom stereocenters. The number of ether oxygens (including phenoxy) is 2. The van der Waals surface area contributed by atoms with Crippen LogP contribution in [0.25, 0.3) is 0 Å². The Morgan fingerprint density at radius 1 is 0.750 bits per heavy atom. The van der Waals surface area contributed by atoms with Gasteiger partial charge >= 0.3 is 23.9 Å². The maximum Gasteiger partial charge on any atom is 0.327 e. The topological polar surface area (TPSA) is 134 Å². The summed E-state index contributed by atoms with van der Waals surface area (Å²) in [6.07, 6.45) is -0.439. The third-order valence-corrected chi connectivity index (χ3v) is 1.48. The molecule has 0 fully saturated rings. The number of nitriles is 2. The molecule has 0 rings (SSSR count). The highest BCUT2D eigenvalue weighted by molar-refractivity contribution is 5.87. The third kappa shape index (κ3) is 13.3. The van der Waals surface area contributed by atoms with Crippen molar-refractivity contribution in [1.82, 2.24) is 0 Å². The maximum absolute atomic E-state index is 10.4. The van der Waals surface area contributed by atoms with E-state index in [9.17, 15) is 19.2 Å². The maximum atomic E-state index is 10.4. The molecule has 0 aromatic heterocycles. The number of rotatable bonds is 4. The Kier molecular flexibility index (Phi) is 12.5. The molecule has 108 valence electrons. The van der Waals surface area contributed by atoms with Crippen molar-refractivity contribution < 1.29 is 28.7 Å². The van der Waals surface area contributed by atoms with Crippen LogP contribution in [0.1, 0.15) is 39.5 Å². The van der Waals surface area contributed by atoms with Gasteiger partial charge in [-0.3, -0.25) is 19.2 Å². The number of nitrogens with zero attached hydrogens (tertiary/aromatic N) is 2. The second-order valence-electron chi connectivity index (χ2n) is 3.07. The van der Waals surface area contributed by atoms with Gasteiger partial charge in [0.1, 0.15) is 12.8 Å². The summed E-state index contributed by atoms with van der Waals surface area (Å²) in [5.41, 5.74) is 0.